The van der Waals surface area contributed by atoms with Gasteiger partial charge < -0.3 is 20.1 Å². The zero-order valence-electron chi connectivity index (χ0n) is 18.5. The minimum Gasteiger partial charge on any atom is -0.464 e. The van der Waals surface area contributed by atoms with Crippen molar-refractivity contribution in [1.82, 2.24) is 10.6 Å². The molecule has 0 aromatic carbocycles. The van der Waals surface area contributed by atoms with Crippen molar-refractivity contribution in [3.8, 4) is 0 Å². The van der Waals surface area contributed by atoms with Crippen LogP contribution in [0.15, 0.2) is 0 Å². The molecular formula is C20H36N2O6S2. The lowest BCUT2D eigenvalue weighted by Gasteiger charge is -2.18. The van der Waals surface area contributed by atoms with Gasteiger partial charge in [-0.15, -0.1) is 0 Å². The lowest BCUT2D eigenvalue weighted by atomic mass is 10.3. The van der Waals surface area contributed by atoms with Gasteiger partial charge in [0.1, 0.15) is 12.1 Å². The number of carbonyl (C=O) groups is 4. The Balaban J connectivity index is 4.50. The second-order valence-corrected chi connectivity index (χ2v) is 9.38. The van der Waals surface area contributed by atoms with Crippen LogP contribution in [0.4, 0.5) is 0 Å². The molecule has 8 nitrogen and oxygen atoms in total. The SMILES string of the molecule is CCCCCOC(=O)C(CSSCC(NC(C)=O)C(=O)OCCCCC)NC(C)=O. The van der Waals surface area contributed by atoms with Gasteiger partial charge in [0, 0.05) is 25.4 Å². The van der Waals surface area contributed by atoms with Gasteiger partial charge in [0.15, 0.2) is 0 Å². The fraction of sp³-hybridized carbons (Fsp3) is 0.800. The van der Waals surface area contributed by atoms with Gasteiger partial charge in [-0.25, -0.2) is 9.59 Å². The van der Waals surface area contributed by atoms with E-state index in [2.05, 4.69) is 24.5 Å². The molecule has 30 heavy (non-hydrogen) atoms. The summed E-state index contributed by atoms with van der Waals surface area (Å²) in [4.78, 5) is 47.2. The summed E-state index contributed by atoms with van der Waals surface area (Å²) in [6, 6.07) is -1.52. The second-order valence-electron chi connectivity index (χ2n) is 6.82. The van der Waals surface area contributed by atoms with Crippen LogP contribution in [0.3, 0.4) is 0 Å². The highest BCUT2D eigenvalue weighted by Crippen LogP contribution is 2.23. The molecule has 0 rings (SSSR count). The lowest BCUT2D eigenvalue weighted by Crippen LogP contribution is -2.43. The molecular weight excluding hydrogens is 428 g/mol. The first-order chi connectivity index (χ1) is 14.3. The average Bonchev–Trinajstić information content (AvgIpc) is 2.69. The zero-order chi connectivity index (χ0) is 22.8. The Labute approximate surface area is 187 Å². The van der Waals surface area contributed by atoms with E-state index < -0.39 is 24.0 Å². The number of rotatable bonds is 17. The predicted molar refractivity (Wildman–Crippen MR) is 121 cm³/mol. The van der Waals surface area contributed by atoms with Crippen molar-refractivity contribution in [2.45, 2.75) is 78.3 Å². The summed E-state index contributed by atoms with van der Waals surface area (Å²) >= 11 is 0. The Bertz CT molecular complexity index is 487. The van der Waals surface area contributed by atoms with E-state index in [1.807, 2.05) is 0 Å². The highest BCUT2D eigenvalue weighted by molar-refractivity contribution is 8.76. The standard InChI is InChI=1S/C20H36N2O6S2/c1-5-7-9-11-27-19(25)17(21-15(3)23)13-29-30-14-18(22-16(4)24)20(26)28-12-10-8-6-2/h17-18H,5-14H2,1-4H3,(H,21,23)(H,22,24). The third-order valence-electron chi connectivity index (χ3n) is 3.86. The zero-order valence-corrected chi connectivity index (χ0v) is 20.1. The van der Waals surface area contributed by atoms with Crippen LogP contribution in [-0.2, 0) is 28.7 Å². The third-order valence-corrected chi connectivity index (χ3v) is 6.28. The van der Waals surface area contributed by atoms with Gasteiger partial charge in [-0.2, -0.15) is 0 Å². The molecule has 0 fully saturated rings. The molecule has 0 saturated carbocycles. The number of hydrogen-bond donors (Lipinski definition) is 2. The summed E-state index contributed by atoms with van der Waals surface area (Å²) in [5, 5.41) is 5.19. The fourth-order valence-corrected chi connectivity index (χ4v) is 4.61. The van der Waals surface area contributed by atoms with E-state index in [0.29, 0.717) is 13.2 Å². The molecule has 0 aliphatic heterocycles. The molecule has 0 heterocycles. The molecule has 0 radical (unpaired) electrons. The van der Waals surface area contributed by atoms with Gasteiger partial charge in [0.25, 0.3) is 0 Å². The van der Waals surface area contributed by atoms with Gasteiger partial charge in [0.2, 0.25) is 11.8 Å². The van der Waals surface area contributed by atoms with Crippen LogP contribution in [0.2, 0.25) is 0 Å². The monoisotopic (exact) mass is 464 g/mol. The largest absolute Gasteiger partial charge is 0.464 e. The van der Waals surface area contributed by atoms with E-state index in [1.54, 1.807) is 0 Å². The van der Waals surface area contributed by atoms with E-state index in [9.17, 15) is 19.2 Å². The summed E-state index contributed by atoms with van der Waals surface area (Å²) < 4.78 is 10.5. The Morgan fingerprint density at radius 1 is 0.700 bits per heavy atom. The molecule has 10 heteroatoms. The first-order valence-corrected chi connectivity index (χ1v) is 12.9. The summed E-state index contributed by atoms with van der Waals surface area (Å²) in [7, 11) is 2.64. The summed E-state index contributed by atoms with van der Waals surface area (Å²) in [5.41, 5.74) is 0. The molecule has 0 aromatic heterocycles. The maximum absolute atomic E-state index is 12.2. The van der Waals surface area contributed by atoms with Crippen LogP contribution in [0, 0.1) is 0 Å². The number of ether oxygens (including phenoxy) is 2. The van der Waals surface area contributed by atoms with Gasteiger partial charge in [-0.3, -0.25) is 9.59 Å². The fourth-order valence-electron chi connectivity index (χ4n) is 2.31. The number of esters is 2. The van der Waals surface area contributed by atoms with Crippen molar-refractivity contribution < 1.29 is 28.7 Å². The van der Waals surface area contributed by atoms with Crippen molar-refractivity contribution in [2.24, 2.45) is 0 Å². The van der Waals surface area contributed by atoms with Crippen LogP contribution in [0.25, 0.3) is 0 Å². The topological polar surface area (TPSA) is 111 Å². The van der Waals surface area contributed by atoms with E-state index in [-0.39, 0.29) is 23.3 Å². The second kappa shape index (κ2) is 18.4. The molecule has 2 atom stereocenters. The molecule has 0 aromatic rings. The van der Waals surface area contributed by atoms with Crippen molar-refractivity contribution >= 4 is 45.3 Å². The van der Waals surface area contributed by atoms with E-state index >= 15 is 0 Å². The number of amides is 2. The first-order valence-electron chi connectivity index (χ1n) is 10.4. The molecule has 2 unspecified atom stereocenters. The van der Waals surface area contributed by atoms with E-state index in [0.717, 1.165) is 38.5 Å². The van der Waals surface area contributed by atoms with Crippen LogP contribution in [0.5, 0.6) is 0 Å². The molecule has 174 valence electrons. The molecule has 0 aliphatic carbocycles. The number of unbranched alkanes of at least 4 members (excludes halogenated alkanes) is 4. The van der Waals surface area contributed by atoms with Gasteiger partial charge in [-0.1, -0.05) is 61.1 Å². The van der Waals surface area contributed by atoms with Crippen LogP contribution in [-0.4, -0.2) is 60.6 Å². The Morgan fingerprint density at radius 2 is 1.07 bits per heavy atom. The lowest BCUT2D eigenvalue weighted by molar-refractivity contribution is -0.147. The third kappa shape index (κ3) is 15.4. The first kappa shape index (κ1) is 28.6. The molecule has 0 spiro atoms. The van der Waals surface area contributed by atoms with Crippen molar-refractivity contribution in [3.63, 3.8) is 0 Å². The number of hydrogen-bond acceptors (Lipinski definition) is 8. The summed E-state index contributed by atoms with van der Waals surface area (Å²) in [6.45, 7) is 7.47. The number of nitrogens with one attached hydrogen (secondary N) is 2. The van der Waals surface area contributed by atoms with Gasteiger partial charge in [-0.05, 0) is 12.8 Å². The maximum atomic E-state index is 12.2. The van der Waals surface area contributed by atoms with Crippen LogP contribution in [0.1, 0.15) is 66.2 Å². The Kier molecular flexibility index (Phi) is 17.5. The predicted octanol–water partition coefficient (Wildman–Crippen LogP) is 2.84. The van der Waals surface area contributed by atoms with Crippen molar-refractivity contribution in [3.05, 3.63) is 0 Å². The molecule has 0 bridgehead atoms. The Hall–Kier alpha value is -1.42. The average molecular weight is 465 g/mol. The highest BCUT2D eigenvalue weighted by atomic mass is 33.1. The van der Waals surface area contributed by atoms with Gasteiger partial charge >= 0.3 is 11.9 Å². The van der Waals surface area contributed by atoms with Crippen LogP contribution >= 0.6 is 21.6 Å². The van der Waals surface area contributed by atoms with Crippen molar-refractivity contribution in [2.75, 3.05) is 24.7 Å². The minimum absolute atomic E-state index is 0.287. The summed E-state index contributed by atoms with van der Waals surface area (Å²) in [6.07, 6.45) is 5.57. The minimum atomic E-state index is -0.762. The van der Waals surface area contributed by atoms with E-state index in [1.165, 1.54) is 35.4 Å². The summed E-state index contributed by atoms with van der Waals surface area (Å²) in [5.74, 6) is -0.998. The molecule has 0 saturated heterocycles. The normalized spacial score (nSPS) is 12.5. The quantitative estimate of drug-likeness (QED) is 0.192. The molecule has 0 aliphatic rings. The molecule has 2 amide bonds. The highest BCUT2D eigenvalue weighted by Gasteiger charge is 2.24. The van der Waals surface area contributed by atoms with Crippen molar-refractivity contribution in [1.29, 1.82) is 0 Å². The Morgan fingerprint density at radius 3 is 1.37 bits per heavy atom. The number of carbonyl (C=O) groups excluding carboxylic acids is 4. The smallest absolute Gasteiger partial charge is 0.329 e. The van der Waals surface area contributed by atoms with E-state index in [4.69, 9.17) is 9.47 Å². The maximum Gasteiger partial charge on any atom is 0.329 e. The molecule has 2 N–H and O–H groups in total. The van der Waals surface area contributed by atoms with Crippen LogP contribution < -0.4 is 10.6 Å². The van der Waals surface area contributed by atoms with Gasteiger partial charge in [0.05, 0.1) is 13.2 Å².